The number of aromatic nitrogens is 2. The number of aldehydes is 1. The van der Waals surface area contributed by atoms with Gasteiger partial charge in [-0.3, -0.25) is 4.79 Å². The highest BCUT2D eigenvalue weighted by molar-refractivity contribution is 5.75. The molecule has 1 aromatic rings. The summed E-state index contributed by atoms with van der Waals surface area (Å²) in [5, 5.41) is 0. The second-order valence-corrected chi connectivity index (χ2v) is 2.29. The summed E-state index contributed by atoms with van der Waals surface area (Å²) in [4.78, 5) is 18.2. The summed E-state index contributed by atoms with van der Waals surface area (Å²) in [5.41, 5.74) is 1.45. The van der Waals surface area contributed by atoms with E-state index in [1.165, 1.54) is 6.33 Å². The van der Waals surface area contributed by atoms with E-state index in [9.17, 15) is 4.79 Å². The number of rotatable bonds is 3. The fourth-order valence-electron chi connectivity index (χ4n) is 0.910. The molecule has 0 saturated heterocycles. The van der Waals surface area contributed by atoms with E-state index in [2.05, 4.69) is 16.9 Å². The molecule has 0 N–H and O–H groups in total. The summed E-state index contributed by atoms with van der Waals surface area (Å²) in [5.74, 6) is 0. The third kappa shape index (κ3) is 1.83. The Balaban J connectivity index is 2.92. The van der Waals surface area contributed by atoms with Gasteiger partial charge in [-0.15, -0.1) is 0 Å². The molecule has 58 valence electrons. The first kappa shape index (κ1) is 7.85. The topological polar surface area (TPSA) is 42.9 Å². The molecule has 0 aromatic carbocycles. The van der Waals surface area contributed by atoms with E-state index in [-0.39, 0.29) is 0 Å². The van der Waals surface area contributed by atoms with Crippen LogP contribution in [0, 0.1) is 0 Å². The second-order valence-electron chi connectivity index (χ2n) is 2.29. The Kier molecular flexibility index (Phi) is 2.72. The van der Waals surface area contributed by atoms with Crippen molar-refractivity contribution in [2.45, 2.75) is 19.8 Å². The van der Waals surface area contributed by atoms with Crippen LogP contribution in [0.3, 0.4) is 0 Å². The molecule has 0 fully saturated rings. The van der Waals surface area contributed by atoms with Crippen LogP contribution in [-0.2, 0) is 6.42 Å². The SMILES string of the molecule is CCCc1ncncc1C=O. The number of hydrogen-bond acceptors (Lipinski definition) is 3. The quantitative estimate of drug-likeness (QED) is 0.609. The lowest BCUT2D eigenvalue weighted by atomic mass is 10.2. The van der Waals surface area contributed by atoms with Gasteiger partial charge in [0.25, 0.3) is 0 Å². The normalized spacial score (nSPS) is 9.55. The van der Waals surface area contributed by atoms with Crippen LogP contribution in [0.5, 0.6) is 0 Å². The molecule has 11 heavy (non-hydrogen) atoms. The Morgan fingerprint density at radius 3 is 3.09 bits per heavy atom. The molecule has 0 bridgehead atoms. The highest BCUT2D eigenvalue weighted by atomic mass is 16.1. The summed E-state index contributed by atoms with van der Waals surface area (Å²) in [6.45, 7) is 2.05. The van der Waals surface area contributed by atoms with Crippen LogP contribution < -0.4 is 0 Å². The molecule has 1 aromatic heterocycles. The van der Waals surface area contributed by atoms with E-state index in [4.69, 9.17) is 0 Å². The van der Waals surface area contributed by atoms with Gasteiger partial charge in [-0.05, 0) is 6.42 Å². The van der Waals surface area contributed by atoms with Gasteiger partial charge in [0.05, 0.1) is 11.3 Å². The van der Waals surface area contributed by atoms with Gasteiger partial charge in [0.2, 0.25) is 0 Å². The summed E-state index contributed by atoms with van der Waals surface area (Å²) >= 11 is 0. The Morgan fingerprint density at radius 1 is 1.64 bits per heavy atom. The van der Waals surface area contributed by atoms with E-state index in [0.29, 0.717) is 5.56 Å². The van der Waals surface area contributed by atoms with Crippen molar-refractivity contribution in [2.75, 3.05) is 0 Å². The lowest BCUT2D eigenvalue weighted by Gasteiger charge is -1.98. The molecule has 1 heterocycles. The lowest BCUT2D eigenvalue weighted by molar-refractivity contribution is 0.112. The second kappa shape index (κ2) is 3.81. The standard InChI is InChI=1S/C8H10N2O/c1-2-3-8-7(5-11)4-9-6-10-8/h4-6H,2-3H2,1H3. The van der Waals surface area contributed by atoms with Crippen molar-refractivity contribution in [3.63, 3.8) is 0 Å². The van der Waals surface area contributed by atoms with Gasteiger partial charge in [0, 0.05) is 6.20 Å². The van der Waals surface area contributed by atoms with Crippen molar-refractivity contribution in [3.05, 3.63) is 23.8 Å². The Labute approximate surface area is 65.5 Å². The number of carbonyl (C=O) groups excluding carboxylic acids is 1. The van der Waals surface area contributed by atoms with Crippen molar-refractivity contribution in [1.82, 2.24) is 9.97 Å². The van der Waals surface area contributed by atoms with Crippen LogP contribution in [0.4, 0.5) is 0 Å². The fraction of sp³-hybridized carbons (Fsp3) is 0.375. The summed E-state index contributed by atoms with van der Waals surface area (Å²) in [6.07, 6.45) is 5.66. The maximum absolute atomic E-state index is 10.4. The largest absolute Gasteiger partial charge is 0.298 e. The van der Waals surface area contributed by atoms with E-state index in [1.807, 2.05) is 0 Å². The molecule has 3 nitrogen and oxygen atoms in total. The number of aryl methyl sites for hydroxylation is 1. The number of carbonyl (C=O) groups is 1. The number of nitrogens with zero attached hydrogens (tertiary/aromatic N) is 2. The molecule has 0 atom stereocenters. The van der Waals surface area contributed by atoms with Crippen LogP contribution in [0.2, 0.25) is 0 Å². The van der Waals surface area contributed by atoms with Crippen LogP contribution in [0.25, 0.3) is 0 Å². The van der Waals surface area contributed by atoms with Crippen LogP contribution in [0.1, 0.15) is 29.4 Å². The predicted octanol–water partition coefficient (Wildman–Crippen LogP) is 1.24. The van der Waals surface area contributed by atoms with Gasteiger partial charge in [0.15, 0.2) is 6.29 Å². The molecule has 0 spiro atoms. The minimum absolute atomic E-state index is 0.606. The molecule has 0 aliphatic carbocycles. The average Bonchev–Trinajstić information content (AvgIpc) is 2.06. The van der Waals surface area contributed by atoms with Crippen molar-refractivity contribution in [1.29, 1.82) is 0 Å². The van der Waals surface area contributed by atoms with Crippen molar-refractivity contribution in [3.8, 4) is 0 Å². The first-order chi connectivity index (χ1) is 5.38. The van der Waals surface area contributed by atoms with Crippen LogP contribution in [-0.4, -0.2) is 16.3 Å². The molecule has 0 aliphatic heterocycles. The van der Waals surface area contributed by atoms with E-state index in [1.54, 1.807) is 6.20 Å². The molecule has 0 radical (unpaired) electrons. The van der Waals surface area contributed by atoms with Gasteiger partial charge in [-0.25, -0.2) is 9.97 Å². The highest BCUT2D eigenvalue weighted by Crippen LogP contribution is 2.02. The maximum Gasteiger partial charge on any atom is 0.153 e. The highest BCUT2D eigenvalue weighted by Gasteiger charge is 1.99. The van der Waals surface area contributed by atoms with Crippen LogP contribution in [0.15, 0.2) is 12.5 Å². The van der Waals surface area contributed by atoms with Gasteiger partial charge in [0.1, 0.15) is 6.33 Å². The molecule has 0 amide bonds. The monoisotopic (exact) mass is 150 g/mol. The first-order valence-electron chi connectivity index (χ1n) is 3.62. The van der Waals surface area contributed by atoms with Gasteiger partial charge in [-0.2, -0.15) is 0 Å². The third-order valence-corrected chi connectivity index (χ3v) is 1.44. The minimum atomic E-state index is 0.606. The molecular formula is C8H10N2O. The molecule has 3 heteroatoms. The van der Waals surface area contributed by atoms with Gasteiger partial charge < -0.3 is 0 Å². The van der Waals surface area contributed by atoms with Crippen molar-refractivity contribution < 1.29 is 4.79 Å². The molecule has 0 aliphatic rings. The smallest absolute Gasteiger partial charge is 0.153 e. The molecular weight excluding hydrogens is 140 g/mol. The van der Waals surface area contributed by atoms with E-state index < -0.39 is 0 Å². The summed E-state index contributed by atoms with van der Waals surface area (Å²) < 4.78 is 0. The molecule has 0 unspecified atom stereocenters. The summed E-state index contributed by atoms with van der Waals surface area (Å²) in [7, 11) is 0. The minimum Gasteiger partial charge on any atom is -0.298 e. The fourth-order valence-corrected chi connectivity index (χ4v) is 0.910. The van der Waals surface area contributed by atoms with Gasteiger partial charge in [-0.1, -0.05) is 13.3 Å². The van der Waals surface area contributed by atoms with E-state index in [0.717, 1.165) is 24.8 Å². The zero-order valence-corrected chi connectivity index (χ0v) is 6.45. The zero-order valence-electron chi connectivity index (χ0n) is 6.45. The maximum atomic E-state index is 10.4. The number of hydrogen-bond donors (Lipinski definition) is 0. The Hall–Kier alpha value is -1.25. The lowest BCUT2D eigenvalue weighted by Crippen LogP contribution is -1.96. The van der Waals surface area contributed by atoms with Crippen LogP contribution >= 0.6 is 0 Å². The summed E-state index contributed by atoms with van der Waals surface area (Å²) in [6, 6.07) is 0. The first-order valence-corrected chi connectivity index (χ1v) is 3.62. The van der Waals surface area contributed by atoms with E-state index >= 15 is 0 Å². The van der Waals surface area contributed by atoms with Gasteiger partial charge >= 0.3 is 0 Å². The van der Waals surface area contributed by atoms with Crippen molar-refractivity contribution >= 4 is 6.29 Å². The Bertz CT molecular complexity index is 248. The third-order valence-electron chi connectivity index (χ3n) is 1.44. The predicted molar refractivity (Wildman–Crippen MR) is 41.4 cm³/mol. The molecule has 0 saturated carbocycles. The Morgan fingerprint density at radius 2 is 2.45 bits per heavy atom. The molecule has 1 rings (SSSR count). The van der Waals surface area contributed by atoms with Crippen molar-refractivity contribution in [2.24, 2.45) is 0 Å². The average molecular weight is 150 g/mol. The zero-order chi connectivity index (χ0) is 8.10.